The van der Waals surface area contributed by atoms with Crippen LogP contribution < -0.4 is 10.1 Å². The number of aliphatic hydroxyl groups is 1. The fourth-order valence-electron chi connectivity index (χ4n) is 4.00. The van der Waals surface area contributed by atoms with Crippen molar-refractivity contribution < 1.29 is 14.6 Å². The highest BCUT2D eigenvalue weighted by atomic mass is 35.5. The largest absolute Gasteiger partial charge is 0.491 e. The van der Waals surface area contributed by atoms with E-state index in [1.54, 1.807) is 12.1 Å². The number of hydrogen-bond acceptors (Lipinski definition) is 5. The van der Waals surface area contributed by atoms with Crippen molar-refractivity contribution in [1.82, 2.24) is 15.1 Å². The average molecular weight is 480 g/mol. The van der Waals surface area contributed by atoms with Gasteiger partial charge >= 0.3 is 0 Å². The second-order valence-corrected chi connectivity index (χ2v) is 8.94. The van der Waals surface area contributed by atoms with Crippen molar-refractivity contribution in [3.8, 4) is 5.75 Å². The Morgan fingerprint density at radius 2 is 2.00 bits per heavy atom. The van der Waals surface area contributed by atoms with Crippen LogP contribution in [0.3, 0.4) is 0 Å². The van der Waals surface area contributed by atoms with Crippen LogP contribution in [0.25, 0.3) is 0 Å². The predicted octanol–water partition coefficient (Wildman–Crippen LogP) is 3.40. The SMILES string of the molecule is CNC1CCN(C[C@H](c2ccc(OCCO)cc2)N(C)C(=O)Cc2ccc(Cl)c(Cl)c2)C1. The van der Waals surface area contributed by atoms with Gasteiger partial charge in [0, 0.05) is 26.2 Å². The number of hydrogen-bond donors (Lipinski definition) is 2. The number of rotatable bonds is 10. The van der Waals surface area contributed by atoms with E-state index < -0.39 is 0 Å². The van der Waals surface area contributed by atoms with Crippen molar-refractivity contribution in [3.63, 3.8) is 0 Å². The number of carbonyl (C=O) groups is 1. The van der Waals surface area contributed by atoms with Gasteiger partial charge in [0.2, 0.25) is 5.91 Å². The molecule has 0 spiro atoms. The summed E-state index contributed by atoms with van der Waals surface area (Å²) >= 11 is 12.1. The molecule has 2 aromatic carbocycles. The number of aliphatic hydroxyl groups excluding tert-OH is 1. The van der Waals surface area contributed by atoms with E-state index in [4.69, 9.17) is 33.0 Å². The molecule has 3 rings (SSSR count). The first kappa shape index (κ1) is 24.8. The number of halogens is 2. The van der Waals surface area contributed by atoms with Crippen LogP contribution >= 0.6 is 23.2 Å². The van der Waals surface area contributed by atoms with E-state index in [0.717, 1.165) is 37.2 Å². The van der Waals surface area contributed by atoms with Gasteiger partial charge in [0.1, 0.15) is 12.4 Å². The Hall–Kier alpha value is -1.83. The molecule has 6 nitrogen and oxygen atoms in total. The van der Waals surface area contributed by atoms with E-state index in [9.17, 15) is 4.79 Å². The standard InChI is InChI=1S/C24H31Cl2N3O3/c1-27-19-9-10-29(15-19)16-23(18-4-6-20(7-5-18)32-12-11-30)28(2)24(31)14-17-3-8-21(25)22(26)13-17/h3-8,13,19,23,27,30H,9-12,14-16H2,1-2H3/t19?,23-/m1/s1. The van der Waals surface area contributed by atoms with E-state index in [0.29, 0.717) is 21.8 Å². The van der Waals surface area contributed by atoms with E-state index >= 15 is 0 Å². The monoisotopic (exact) mass is 479 g/mol. The number of benzene rings is 2. The van der Waals surface area contributed by atoms with Crippen LogP contribution in [0.5, 0.6) is 5.75 Å². The van der Waals surface area contributed by atoms with Gasteiger partial charge in [-0.05, 0) is 55.4 Å². The van der Waals surface area contributed by atoms with Crippen LogP contribution in [0.15, 0.2) is 42.5 Å². The summed E-state index contributed by atoms with van der Waals surface area (Å²) in [6.07, 6.45) is 1.35. The molecule has 174 valence electrons. The summed E-state index contributed by atoms with van der Waals surface area (Å²) in [7, 11) is 3.84. The lowest BCUT2D eigenvalue weighted by Gasteiger charge is -2.32. The Labute approximate surface area is 200 Å². The molecule has 1 aliphatic heterocycles. The molecule has 2 N–H and O–H groups in total. The second-order valence-electron chi connectivity index (χ2n) is 8.12. The van der Waals surface area contributed by atoms with E-state index in [-0.39, 0.29) is 31.6 Å². The first-order valence-electron chi connectivity index (χ1n) is 10.8. The fourth-order valence-corrected chi connectivity index (χ4v) is 4.32. The zero-order valence-corrected chi connectivity index (χ0v) is 20.1. The molecule has 8 heteroatoms. The molecule has 0 aliphatic carbocycles. The van der Waals surface area contributed by atoms with Crippen LogP contribution in [0, 0.1) is 0 Å². The zero-order chi connectivity index (χ0) is 23.1. The molecule has 0 bridgehead atoms. The molecule has 1 amide bonds. The summed E-state index contributed by atoms with van der Waals surface area (Å²) < 4.78 is 5.49. The first-order valence-corrected chi connectivity index (χ1v) is 11.6. The minimum Gasteiger partial charge on any atom is -0.491 e. The van der Waals surface area contributed by atoms with Crippen LogP contribution in [0.4, 0.5) is 0 Å². The van der Waals surface area contributed by atoms with Crippen LogP contribution in [0.1, 0.15) is 23.6 Å². The van der Waals surface area contributed by atoms with Gasteiger partial charge in [0.25, 0.3) is 0 Å². The van der Waals surface area contributed by atoms with E-state index in [1.807, 2.05) is 49.3 Å². The fraction of sp³-hybridized carbons (Fsp3) is 0.458. The first-order chi connectivity index (χ1) is 15.4. The Morgan fingerprint density at radius 3 is 2.62 bits per heavy atom. The average Bonchev–Trinajstić information content (AvgIpc) is 3.26. The molecule has 32 heavy (non-hydrogen) atoms. The van der Waals surface area contributed by atoms with Gasteiger partial charge < -0.3 is 20.1 Å². The van der Waals surface area contributed by atoms with Crippen molar-refractivity contribution in [2.75, 3.05) is 46.9 Å². The van der Waals surface area contributed by atoms with Crippen LogP contribution in [-0.4, -0.2) is 73.8 Å². The Balaban J connectivity index is 1.77. The molecule has 1 saturated heterocycles. The summed E-state index contributed by atoms with van der Waals surface area (Å²) in [6, 6.07) is 13.4. The van der Waals surface area contributed by atoms with Gasteiger partial charge in [-0.2, -0.15) is 0 Å². The molecule has 0 saturated carbocycles. The van der Waals surface area contributed by atoms with Crippen molar-refractivity contribution in [1.29, 1.82) is 0 Å². The van der Waals surface area contributed by atoms with Gasteiger partial charge in [-0.1, -0.05) is 41.4 Å². The Bertz CT molecular complexity index is 895. The molecule has 2 aromatic rings. The molecule has 1 aliphatic rings. The lowest BCUT2D eigenvalue weighted by Crippen LogP contribution is -2.40. The zero-order valence-electron chi connectivity index (χ0n) is 18.6. The number of likely N-dealkylation sites (N-methyl/N-ethyl adjacent to an activating group) is 2. The molecule has 1 fully saturated rings. The lowest BCUT2D eigenvalue weighted by molar-refractivity contribution is -0.131. The molecular weight excluding hydrogens is 449 g/mol. The third-order valence-electron chi connectivity index (χ3n) is 5.94. The summed E-state index contributed by atoms with van der Waals surface area (Å²) in [4.78, 5) is 17.4. The van der Waals surface area contributed by atoms with Gasteiger partial charge in [0.15, 0.2) is 0 Å². The third-order valence-corrected chi connectivity index (χ3v) is 6.68. The highest BCUT2D eigenvalue weighted by Gasteiger charge is 2.28. The topological polar surface area (TPSA) is 65.0 Å². The molecule has 0 aromatic heterocycles. The maximum absolute atomic E-state index is 13.2. The second kappa shape index (κ2) is 11.9. The van der Waals surface area contributed by atoms with Gasteiger partial charge in [0.05, 0.1) is 29.1 Å². The van der Waals surface area contributed by atoms with Crippen molar-refractivity contribution in [3.05, 3.63) is 63.6 Å². The van der Waals surface area contributed by atoms with Gasteiger partial charge in [-0.3, -0.25) is 9.69 Å². The highest BCUT2D eigenvalue weighted by Crippen LogP contribution is 2.27. The number of ether oxygens (including phenoxy) is 1. The van der Waals surface area contributed by atoms with Crippen LogP contribution in [0.2, 0.25) is 10.0 Å². The summed E-state index contributed by atoms with van der Waals surface area (Å²) in [5.41, 5.74) is 1.87. The van der Waals surface area contributed by atoms with Crippen molar-refractivity contribution >= 4 is 29.1 Å². The number of nitrogens with zero attached hydrogens (tertiary/aromatic N) is 2. The minimum atomic E-state index is -0.104. The Morgan fingerprint density at radius 1 is 1.25 bits per heavy atom. The smallest absolute Gasteiger partial charge is 0.227 e. The van der Waals surface area contributed by atoms with Crippen molar-refractivity contribution in [2.24, 2.45) is 0 Å². The predicted molar refractivity (Wildman–Crippen MR) is 129 cm³/mol. The Kier molecular flexibility index (Phi) is 9.20. The van der Waals surface area contributed by atoms with Gasteiger partial charge in [-0.25, -0.2) is 0 Å². The maximum atomic E-state index is 13.2. The summed E-state index contributed by atoms with van der Waals surface area (Å²) in [6.45, 7) is 2.93. The number of amides is 1. The van der Waals surface area contributed by atoms with Gasteiger partial charge in [-0.15, -0.1) is 0 Å². The van der Waals surface area contributed by atoms with E-state index in [2.05, 4.69) is 10.2 Å². The number of nitrogens with one attached hydrogen (secondary N) is 1. The van der Waals surface area contributed by atoms with Crippen molar-refractivity contribution in [2.45, 2.75) is 24.9 Å². The molecule has 1 heterocycles. The lowest BCUT2D eigenvalue weighted by atomic mass is 10.0. The summed E-state index contributed by atoms with van der Waals surface area (Å²) in [5, 5.41) is 13.2. The molecular formula is C24H31Cl2N3O3. The third kappa shape index (κ3) is 6.59. The highest BCUT2D eigenvalue weighted by molar-refractivity contribution is 6.42. The normalized spacial score (nSPS) is 17.3. The molecule has 0 radical (unpaired) electrons. The molecule has 1 unspecified atom stereocenters. The number of carbonyl (C=O) groups excluding carboxylic acids is 1. The maximum Gasteiger partial charge on any atom is 0.227 e. The van der Waals surface area contributed by atoms with E-state index in [1.165, 1.54) is 0 Å². The van der Waals surface area contributed by atoms with Crippen LogP contribution in [-0.2, 0) is 11.2 Å². The minimum absolute atomic E-state index is 0.0124. The quantitative estimate of drug-likeness (QED) is 0.546. The molecule has 2 atom stereocenters. The summed E-state index contributed by atoms with van der Waals surface area (Å²) in [5.74, 6) is 0.709. The number of likely N-dealkylation sites (tertiary alicyclic amines) is 1.